The van der Waals surface area contributed by atoms with E-state index in [1.807, 2.05) is 63.7 Å². The van der Waals surface area contributed by atoms with Crippen molar-refractivity contribution in [3.63, 3.8) is 0 Å². The number of hydrogen-bond acceptors (Lipinski definition) is 4. The van der Waals surface area contributed by atoms with Gasteiger partial charge in [0.2, 0.25) is 12.1 Å². The summed E-state index contributed by atoms with van der Waals surface area (Å²) in [7, 11) is 0. The Morgan fingerprint density at radius 2 is 1.74 bits per heavy atom. The van der Waals surface area contributed by atoms with Gasteiger partial charge in [-0.2, -0.15) is 5.26 Å². The van der Waals surface area contributed by atoms with Gasteiger partial charge in [-0.05, 0) is 48.5 Å². The van der Waals surface area contributed by atoms with Gasteiger partial charge >= 0.3 is 0 Å². The molecule has 0 bridgehead atoms. The highest BCUT2D eigenvalue weighted by Gasteiger charge is 2.20. The van der Waals surface area contributed by atoms with E-state index in [9.17, 15) is 9.59 Å². The molecule has 5 aromatic rings. The van der Waals surface area contributed by atoms with Crippen LogP contribution in [0.1, 0.15) is 15.9 Å². The number of Topliss-reactive ketones (excluding diaryl/α,β-unsaturated/α-hetero) is 1. The first-order valence-corrected chi connectivity index (χ1v) is 10.8. The number of aromatic nitrogens is 3. The van der Waals surface area contributed by atoms with Crippen molar-refractivity contribution in [1.29, 1.82) is 5.26 Å². The number of rotatable bonds is 6. The fourth-order valence-electron chi connectivity index (χ4n) is 4.02. The quantitative estimate of drug-likeness (QED) is 0.263. The number of anilines is 1. The van der Waals surface area contributed by atoms with Crippen LogP contribution in [0.15, 0.2) is 91.4 Å². The third kappa shape index (κ3) is 4.95. The molecule has 0 saturated carbocycles. The topological polar surface area (TPSA) is 91.7 Å². The lowest BCUT2D eigenvalue weighted by Gasteiger charge is -2.07. The van der Waals surface area contributed by atoms with E-state index in [1.54, 1.807) is 36.8 Å². The predicted octanol–water partition coefficient (Wildman–Crippen LogP) is 0.874. The number of hydrogen-bond donors (Lipinski definition) is 1. The number of ketones is 1. The highest BCUT2D eigenvalue weighted by molar-refractivity contribution is 6.00. The molecule has 0 unspecified atom stereocenters. The van der Waals surface area contributed by atoms with Gasteiger partial charge in [-0.15, -0.1) is 0 Å². The number of pyridine rings is 1. The summed E-state index contributed by atoms with van der Waals surface area (Å²) in [5.41, 5.74) is 4.13. The zero-order chi connectivity index (χ0) is 23.5. The van der Waals surface area contributed by atoms with Crippen LogP contribution in [0.4, 0.5) is 5.69 Å². The fraction of sp³-hybridized carbons (Fsp3) is 0.0741. The third-order valence-electron chi connectivity index (χ3n) is 5.65. The number of nitrogens with zero attached hydrogens (tertiary/aromatic N) is 4. The van der Waals surface area contributed by atoms with Crippen LogP contribution in [0.2, 0.25) is 0 Å². The maximum absolute atomic E-state index is 12.9. The van der Waals surface area contributed by atoms with E-state index >= 15 is 0 Å². The molecule has 3 aromatic carbocycles. The molecule has 1 N–H and O–H groups in total. The minimum atomic E-state index is -0.190. The van der Waals surface area contributed by atoms with Gasteiger partial charge in [0, 0.05) is 17.1 Å². The number of benzene rings is 3. The van der Waals surface area contributed by atoms with E-state index in [1.165, 1.54) is 0 Å². The Morgan fingerprint density at radius 1 is 0.971 bits per heavy atom. The number of carbonyl (C=O) groups is 2. The Morgan fingerprint density at radius 3 is 2.54 bits per heavy atom. The van der Waals surface area contributed by atoms with Crippen LogP contribution in [-0.2, 0) is 17.9 Å². The SMILES string of the molecule is N#Cc1ccc(C(=O)C[n+]2cn(CC(=O)Nc3cccc4cccnc34)c3ccccc32)cc1.[Br-]. The van der Waals surface area contributed by atoms with Crippen molar-refractivity contribution in [1.82, 2.24) is 9.55 Å². The molecular weight excluding hydrogens is 506 g/mol. The molecule has 2 aromatic heterocycles. The minimum Gasteiger partial charge on any atom is -1.00 e. The Bertz CT molecular complexity index is 1580. The second-order valence-electron chi connectivity index (χ2n) is 7.90. The fourth-order valence-corrected chi connectivity index (χ4v) is 4.02. The van der Waals surface area contributed by atoms with Crippen LogP contribution >= 0.6 is 0 Å². The molecule has 7 nitrogen and oxygen atoms in total. The number of fused-ring (bicyclic) bond motifs is 2. The zero-order valence-corrected chi connectivity index (χ0v) is 20.1. The van der Waals surface area contributed by atoms with Crippen molar-refractivity contribution in [3.8, 4) is 6.07 Å². The van der Waals surface area contributed by atoms with Crippen molar-refractivity contribution in [2.75, 3.05) is 5.32 Å². The monoisotopic (exact) mass is 525 g/mol. The van der Waals surface area contributed by atoms with E-state index in [4.69, 9.17) is 5.26 Å². The summed E-state index contributed by atoms with van der Waals surface area (Å²) >= 11 is 0. The Kier molecular flexibility index (Phi) is 6.99. The summed E-state index contributed by atoms with van der Waals surface area (Å²) in [5.74, 6) is -0.270. The number of carbonyl (C=O) groups excluding carboxylic acids is 2. The highest BCUT2D eigenvalue weighted by Crippen LogP contribution is 2.21. The van der Waals surface area contributed by atoms with Gasteiger partial charge in [0.25, 0.3) is 5.91 Å². The molecule has 0 atom stereocenters. The second-order valence-corrected chi connectivity index (χ2v) is 7.90. The summed E-state index contributed by atoms with van der Waals surface area (Å²) in [5, 5.41) is 12.9. The molecule has 5 rings (SSSR count). The molecule has 0 fully saturated rings. The van der Waals surface area contributed by atoms with Crippen LogP contribution in [0.3, 0.4) is 0 Å². The Labute approximate surface area is 212 Å². The molecule has 2 heterocycles. The average Bonchev–Trinajstić information content (AvgIpc) is 3.21. The lowest BCUT2D eigenvalue weighted by atomic mass is 10.1. The molecule has 0 spiro atoms. The van der Waals surface area contributed by atoms with E-state index < -0.39 is 0 Å². The Balaban J connectivity index is 0.00000289. The molecule has 0 aliphatic rings. The van der Waals surface area contributed by atoms with Gasteiger partial charge in [-0.3, -0.25) is 14.6 Å². The normalized spacial score (nSPS) is 10.5. The first-order chi connectivity index (χ1) is 16.6. The van der Waals surface area contributed by atoms with Gasteiger partial charge in [0.15, 0.2) is 24.1 Å². The van der Waals surface area contributed by atoms with E-state index in [2.05, 4.69) is 16.4 Å². The van der Waals surface area contributed by atoms with Crippen molar-refractivity contribution >= 4 is 39.3 Å². The van der Waals surface area contributed by atoms with Crippen molar-refractivity contribution in [2.45, 2.75) is 13.1 Å². The summed E-state index contributed by atoms with van der Waals surface area (Å²) in [6.07, 6.45) is 3.48. The molecule has 0 radical (unpaired) electrons. The van der Waals surface area contributed by atoms with Crippen LogP contribution in [0, 0.1) is 11.3 Å². The molecule has 1 amide bonds. The number of halogens is 1. The van der Waals surface area contributed by atoms with Crippen molar-refractivity contribution in [2.24, 2.45) is 0 Å². The van der Waals surface area contributed by atoms with E-state index in [0.717, 1.165) is 21.9 Å². The molecule has 0 saturated heterocycles. The molecule has 0 aliphatic heterocycles. The zero-order valence-electron chi connectivity index (χ0n) is 18.6. The van der Waals surface area contributed by atoms with Gasteiger partial charge in [-0.25, -0.2) is 9.13 Å². The maximum Gasteiger partial charge on any atom is 0.266 e. The van der Waals surface area contributed by atoms with Crippen LogP contribution in [0.25, 0.3) is 21.9 Å². The number of nitriles is 1. The summed E-state index contributed by atoms with van der Waals surface area (Å²) in [4.78, 5) is 30.2. The lowest BCUT2D eigenvalue weighted by molar-refractivity contribution is -0.657. The summed E-state index contributed by atoms with van der Waals surface area (Å²) in [6.45, 7) is 0.204. The van der Waals surface area contributed by atoms with E-state index in [-0.39, 0.29) is 41.8 Å². The summed E-state index contributed by atoms with van der Waals surface area (Å²) < 4.78 is 3.66. The second kappa shape index (κ2) is 10.3. The average molecular weight is 526 g/mol. The van der Waals surface area contributed by atoms with Crippen LogP contribution in [0.5, 0.6) is 0 Å². The van der Waals surface area contributed by atoms with Crippen molar-refractivity contribution in [3.05, 3.63) is 103 Å². The maximum atomic E-state index is 12.9. The number of amides is 1. The van der Waals surface area contributed by atoms with Crippen molar-refractivity contribution < 1.29 is 31.1 Å². The number of nitrogens with one attached hydrogen (secondary N) is 1. The van der Waals surface area contributed by atoms with Crippen LogP contribution < -0.4 is 26.9 Å². The van der Waals surface area contributed by atoms with Gasteiger partial charge in [0.05, 0.1) is 22.8 Å². The number of para-hydroxylation sites is 3. The molecule has 172 valence electrons. The van der Waals surface area contributed by atoms with Gasteiger partial charge < -0.3 is 22.3 Å². The minimum absolute atomic E-state index is 0. The molecule has 0 aliphatic carbocycles. The van der Waals surface area contributed by atoms with Gasteiger partial charge in [-0.1, -0.05) is 30.3 Å². The smallest absolute Gasteiger partial charge is 0.266 e. The molecule has 8 heteroatoms. The standard InChI is InChI=1S/C27H19N5O2.BrH/c28-15-19-10-12-20(13-11-19)25(33)16-31-18-32(24-9-2-1-8-23(24)31)17-26(34)30-22-7-3-5-21-6-4-14-29-27(21)22;/h1-14,18H,16-17H2;1H. The molecular formula is C27H20BrN5O2. The third-order valence-corrected chi connectivity index (χ3v) is 5.65. The first-order valence-electron chi connectivity index (χ1n) is 10.8. The molecule has 35 heavy (non-hydrogen) atoms. The van der Waals surface area contributed by atoms with Gasteiger partial charge in [0.1, 0.15) is 0 Å². The lowest BCUT2D eigenvalue weighted by Crippen LogP contribution is -3.00. The Hall–Kier alpha value is -4.35. The van der Waals surface area contributed by atoms with E-state index in [0.29, 0.717) is 16.8 Å². The first kappa shape index (κ1) is 23.8. The van der Waals surface area contributed by atoms with Crippen LogP contribution in [-0.4, -0.2) is 21.2 Å². The predicted molar refractivity (Wildman–Crippen MR) is 128 cm³/mol. The number of imidazole rings is 1. The highest BCUT2D eigenvalue weighted by atomic mass is 79.9. The summed E-state index contributed by atoms with van der Waals surface area (Å²) in [6, 6.07) is 25.8. The largest absolute Gasteiger partial charge is 1.00 e.